The third-order valence-electron chi connectivity index (χ3n) is 2.89. The molecule has 1 amide bonds. The molecule has 0 aromatic carbocycles. The quantitative estimate of drug-likeness (QED) is 0.664. The van der Waals surface area contributed by atoms with Gasteiger partial charge in [-0.25, -0.2) is 0 Å². The van der Waals surface area contributed by atoms with Gasteiger partial charge in [-0.05, 0) is 0 Å². The van der Waals surface area contributed by atoms with Gasteiger partial charge in [0.15, 0.2) is 8.24 Å². The Labute approximate surface area is 83.2 Å². The van der Waals surface area contributed by atoms with E-state index >= 15 is 0 Å². The third kappa shape index (κ3) is 2.73. The molecule has 0 N–H and O–H groups in total. The Morgan fingerprint density at radius 3 is 1.93 bits per heavy atom. The smallest absolute Gasteiger partial charge is 0.372 e. The maximum atomic E-state index is 12.5. The lowest BCUT2D eigenvalue weighted by Gasteiger charge is -2.38. The van der Waals surface area contributed by atoms with Crippen molar-refractivity contribution >= 4 is 14.1 Å². The summed E-state index contributed by atoms with van der Waals surface area (Å²) in [5.41, 5.74) is -1.41. The number of nitrogens with zero attached hydrogens (tertiary/aromatic N) is 1. The van der Waals surface area contributed by atoms with Gasteiger partial charge in [0.1, 0.15) is 0 Å². The van der Waals surface area contributed by atoms with Crippen LogP contribution in [0.25, 0.3) is 0 Å². The fraction of sp³-hybridized carbons (Fsp3) is 0.875. The molecule has 1 atom stereocenters. The van der Waals surface area contributed by atoms with E-state index in [-0.39, 0.29) is 5.91 Å². The summed E-state index contributed by atoms with van der Waals surface area (Å²) < 4.78 is 38.7. The summed E-state index contributed by atoms with van der Waals surface area (Å²) in [6.45, 7) is 5.53. The summed E-state index contributed by atoms with van der Waals surface area (Å²) in [4.78, 5) is 11.0. The van der Waals surface area contributed by atoms with Gasteiger partial charge < -0.3 is 4.57 Å². The van der Waals surface area contributed by atoms with Crippen LogP contribution in [0.5, 0.6) is 0 Å². The Kier molecular flexibility index (Phi) is 3.77. The molecule has 0 bridgehead atoms. The number of halogens is 3. The molecule has 84 valence electrons. The van der Waals surface area contributed by atoms with E-state index in [9.17, 15) is 18.0 Å². The Morgan fingerprint density at radius 1 is 1.36 bits per heavy atom. The second-order valence-corrected chi connectivity index (χ2v) is 8.84. The molecule has 0 aromatic rings. The van der Waals surface area contributed by atoms with Crippen molar-refractivity contribution in [1.29, 1.82) is 0 Å². The molecule has 0 aliphatic rings. The number of hydrogen-bond donors (Lipinski definition) is 0. The first-order chi connectivity index (χ1) is 6.01. The van der Waals surface area contributed by atoms with Crippen LogP contribution in [0.1, 0.15) is 13.8 Å². The van der Waals surface area contributed by atoms with Crippen LogP contribution in [0.4, 0.5) is 13.2 Å². The second kappa shape index (κ2) is 3.92. The predicted octanol–water partition coefficient (Wildman–Crippen LogP) is 2.62. The molecule has 0 aliphatic heterocycles. The zero-order chi connectivity index (χ0) is 11.7. The van der Waals surface area contributed by atoms with Crippen molar-refractivity contribution in [3.8, 4) is 0 Å². The minimum Gasteiger partial charge on any atom is -0.372 e. The van der Waals surface area contributed by atoms with Gasteiger partial charge in [-0.3, -0.25) is 4.79 Å². The van der Waals surface area contributed by atoms with Gasteiger partial charge in [0.25, 0.3) is 0 Å². The van der Waals surface area contributed by atoms with E-state index < -0.39 is 20.0 Å². The maximum Gasteiger partial charge on any atom is 0.390 e. The minimum absolute atomic E-state index is 0.308. The van der Waals surface area contributed by atoms with Gasteiger partial charge in [-0.1, -0.05) is 20.0 Å². The van der Waals surface area contributed by atoms with Crippen LogP contribution in [-0.4, -0.2) is 31.9 Å². The van der Waals surface area contributed by atoms with Gasteiger partial charge in [-0.2, -0.15) is 13.2 Å². The molecule has 0 saturated carbocycles. The predicted molar refractivity (Wildman–Crippen MR) is 51.4 cm³/mol. The van der Waals surface area contributed by atoms with Crippen LogP contribution in [0.3, 0.4) is 0 Å². The first-order valence-electron chi connectivity index (χ1n) is 4.32. The van der Waals surface area contributed by atoms with Crippen LogP contribution in [0.15, 0.2) is 0 Å². The number of alkyl halides is 3. The average Bonchev–Trinajstić information content (AvgIpc) is 1.99. The lowest BCUT2D eigenvalue weighted by atomic mass is 10.5. The number of rotatable bonds is 2. The van der Waals surface area contributed by atoms with Gasteiger partial charge in [0.2, 0.25) is 5.91 Å². The van der Waals surface area contributed by atoms with Gasteiger partial charge in [-0.15, -0.1) is 0 Å². The van der Waals surface area contributed by atoms with E-state index in [1.165, 1.54) is 18.5 Å². The fourth-order valence-corrected chi connectivity index (χ4v) is 3.29. The number of carbonyl (C=O) groups excluding carboxylic acids is 1. The molecule has 0 rings (SSSR count). The van der Waals surface area contributed by atoms with Gasteiger partial charge in [0, 0.05) is 14.0 Å². The Balaban J connectivity index is 4.86. The van der Waals surface area contributed by atoms with E-state index in [1.807, 2.05) is 0 Å². The van der Waals surface area contributed by atoms with Crippen LogP contribution in [0.2, 0.25) is 18.6 Å². The van der Waals surface area contributed by atoms with Gasteiger partial charge >= 0.3 is 6.18 Å². The normalized spacial score (nSPS) is 15.1. The van der Waals surface area contributed by atoms with E-state index in [4.69, 9.17) is 0 Å². The molecule has 0 saturated heterocycles. The molecule has 0 heterocycles. The minimum atomic E-state index is -4.22. The lowest BCUT2D eigenvalue weighted by molar-refractivity contribution is -0.134. The fourth-order valence-electron chi connectivity index (χ4n) is 1.10. The summed E-state index contributed by atoms with van der Waals surface area (Å²) in [5, 5.41) is 0. The molecule has 2 nitrogen and oxygen atoms in total. The molecule has 0 aliphatic carbocycles. The van der Waals surface area contributed by atoms with E-state index in [0.29, 0.717) is 0 Å². The first-order valence-corrected chi connectivity index (χ1v) is 7.34. The van der Waals surface area contributed by atoms with E-state index in [2.05, 4.69) is 0 Å². The largest absolute Gasteiger partial charge is 0.390 e. The van der Waals surface area contributed by atoms with Crippen LogP contribution < -0.4 is 0 Å². The average molecular weight is 227 g/mol. The van der Waals surface area contributed by atoms with E-state index in [0.717, 1.165) is 6.92 Å². The summed E-state index contributed by atoms with van der Waals surface area (Å²) in [7, 11) is -1.31. The van der Waals surface area contributed by atoms with Crippen LogP contribution in [-0.2, 0) is 4.79 Å². The van der Waals surface area contributed by atoms with Crippen molar-refractivity contribution in [2.45, 2.75) is 38.7 Å². The highest BCUT2D eigenvalue weighted by Crippen LogP contribution is 2.39. The summed E-state index contributed by atoms with van der Waals surface area (Å²) in [5.74, 6) is -0.308. The summed E-state index contributed by atoms with van der Waals surface area (Å²) in [6.07, 6.45) is -4.22. The molecule has 6 heteroatoms. The van der Waals surface area contributed by atoms with Crippen molar-refractivity contribution in [3.63, 3.8) is 0 Å². The van der Waals surface area contributed by atoms with Gasteiger partial charge in [0.05, 0.1) is 5.54 Å². The molecular formula is C8H16F3NOSi. The molecule has 0 spiro atoms. The van der Waals surface area contributed by atoms with Crippen molar-refractivity contribution in [2.75, 3.05) is 7.05 Å². The van der Waals surface area contributed by atoms with Crippen molar-refractivity contribution < 1.29 is 18.0 Å². The first kappa shape index (κ1) is 13.5. The Hall–Kier alpha value is -0.523. The Bertz CT molecular complexity index is 227. The molecule has 0 fully saturated rings. The molecule has 14 heavy (non-hydrogen) atoms. The highest BCUT2D eigenvalue weighted by atomic mass is 28.3. The lowest BCUT2D eigenvalue weighted by Crippen LogP contribution is -2.54. The molecular weight excluding hydrogens is 211 g/mol. The van der Waals surface area contributed by atoms with Crippen molar-refractivity contribution in [2.24, 2.45) is 0 Å². The summed E-state index contributed by atoms with van der Waals surface area (Å²) >= 11 is 0. The van der Waals surface area contributed by atoms with E-state index in [1.54, 1.807) is 13.1 Å². The van der Waals surface area contributed by atoms with Crippen LogP contribution in [0, 0.1) is 0 Å². The van der Waals surface area contributed by atoms with Crippen molar-refractivity contribution in [1.82, 2.24) is 4.57 Å². The number of carbonyl (C=O) groups is 1. The monoisotopic (exact) mass is 227 g/mol. The number of amides is 1. The molecule has 0 radical (unpaired) electrons. The number of hydrogen-bond acceptors (Lipinski definition) is 1. The highest BCUT2D eigenvalue weighted by molar-refractivity contribution is 6.78. The van der Waals surface area contributed by atoms with Crippen molar-refractivity contribution in [3.05, 3.63) is 0 Å². The highest BCUT2D eigenvalue weighted by Gasteiger charge is 2.50. The second-order valence-electron chi connectivity index (χ2n) is 3.99. The standard InChI is InChI=1S/C8H16F3NOSi/c1-6(8(9,10)11)14(4,5)12(3)7(2)13/h6H,1-5H3. The topological polar surface area (TPSA) is 20.3 Å². The zero-order valence-corrected chi connectivity index (χ0v) is 10.1. The SMILES string of the molecule is CC(=O)N(C)[Si](C)(C)C(C)C(F)(F)F. The molecule has 0 aromatic heterocycles. The summed E-state index contributed by atoms with van der Waals surface area (Å²) in [6, 6.07) is 0. The Morgan fingerprint density at radius 2 is 1.71 bits per heavy atom. The maximum absolute atomic E-state index is 12.5. The molecule has 1 unspecified atom stereocenters. The van der Waals surface area contributed by atoms with Crippen LogP contribution >= 0.6 is 0 Å². The third-order valence-corrected chi connectivity index (χ3v) is 7.38. The zero-order valence-electron chi connectivity index (χ0n) is 9.07.